The highest BCUT2D eigenvalue weighted by molar-refractivity contribution is 6.03. The van der Waals surface area contributed by atoms with Crippen LogP contribution in [0.2, 0.25) is 0 Å². The number of hydrogen-bond acceptors (Lipinski definition) is 5. The Kier molecular flexibility index (Phi) is 3.10. The molecule has 0 atom stereocenters. The van der Waals surface area contributed by atoms with Gasteiger partial charge in [-0.05, 0) is 25.1 Å². The molecule has 104 valence electrons. The SMILES string of the molecule is CC(=O)c1nc(C)cc2c(=O)cc(-c3ccncc3)oc12. The lowest BCUT2D eigenvalue weighted by Crippen LogP contribution is -2.07. The number of hydrogen-bond donors (Lipinski definition) is 0. The predicted molar refractivity (Wildman–Crippen MR) is 78.3 cm³/mol. The van der Waals surface area contributed by atoms with Crippen molar-refractivity contribution in [1.29, 1.82) is 0 Å². The number of carbonyl (C=O) groups excluding carboxylic acids is 1. The predicted octanol–water partition coefficient (Wildman–Crippen LogP) is 2.76. The molecular weight excluding hydrogens is 268 g/mol. The minimum Gasteiger partial charge on any atom is -0.453 e. The molecule has 0 aromatic carbocycles. The highest BCUT2D eigenvalue weighted by atomic mass is 16.3. The van der Waals surface area contributed by atoms with Gasteiger partial charge in [-0.2, -0.15) is 0 Å². The maximum absolute atomic E-state index is 12.3. The van der Waals surface area contributed by atoms with E-state index in [0.717, 1.165) is 5.56 Å². The first kappa shape index (κ1) is 13.2. The number of carbonyl (C=O) groups is 1. The lowest BCUT2D eigenvalue weighted by Gasteiger charge is -2.06. The Hall–Kier alpha value is -2.82. The second-order valence-corrected chi connectivity index (χ2v) is 4.76. The lowest BCUT2D eigenvalue weighted by molar-refractivity contribution is 0.101. The van der Waals surface area contributed by atoms with Crippen molar-refractivity contribution in [1.82, 2.24) is 9.97 Å². The van der Waals surface area contributed by atoms with Crippen molar-refractivity contribution < 1.29 is 9.21 Å². The number of nitrogens with zero attached hydrogens (tertiary/aromatic N) is 2. The fourth-order valence-electron chi connectivity index (χ4n) is 2.18. The fourth-order valence-corrected chi connectivity index (χ4v) is 2.18. The van der Waals surface area contributed by atoms with Crippen molar-refractivity contribution in [3.8, 4) is 11.3 Å². The molecule has 0 radical (unpaired) electrons. The van der Waals surface area contributed by atoms with Crippen molar-refractivity contribution in [3.05, 3.63) is 58.3 Å². The highest BCUT2D eigenvalue weighted by Crippen LogP contribution is 2.23. The summed E-state index contributed by atoms with van der Waals surface area (Å²) in [6.45, 7) is 3.14. The number of fused-ring (bicyclic) bond motifs is 1. The van der Waals surface area contributed by atoms with Crippen molar-refractivity contribution in [2.75, 3.05) is 0 Å². The van der Waals surface area contributed by atoms with E-state index in [1.807, 2.05) is 0 Å². The molecule has 3 heterocycles. The Bertz CT molecular complexity index is 899. The zero-order valence-corrected chi connectivity index (χ0v) is 11.6. The summed E-state index contributed by atoms with van der Waals surface area (Å²) < 4.78 is 5.76. The highest BCUT2D eigenvalue weighted by Gasteiger charge is 2.15. The quantitative estimate of drug-likeness (QED) is 0.675. The molecule has 0 aliphatic heterocycles. The average Bonchev–Trinajstić information content (AvgIpc) is 2.48. The summed E-state index contributed by atoms with van der Waals surface area (Å²) in [5.74, 6) is 0.154. The van der Waals surface area contributed by atoms with Gasteiger partial charge in [-0.15, -0.1) is 0 Å². The number of Topliss-reactive ketones (excluding diaryl/α,β-unsaturated/α-hetero) is 1. The summed E-state index contributed by atoms with van der Waals surface area (Å²) in [6, 6.07) is 6.52. The molecule has 0 bridgehead atoms. The van der Waals surface area contributed by atoms with Crippen molar-refractivity contribution in [3.63, 3.8) is 0 Å². The summed E-state index contributed by atoms with van der Waals surface area (Å²) in [4.78, 5) is 32.1. The summed E-state index contributed by atoms with van der Waals surface area (Å²) in [6.07, 6.45) is 3.22. The molecule has 21 heavy (non-hydrogen) atoms. The minimum atomic E-state index is -0.237. The van der Waals surface area contributed by atoms with Crippen LogP contribution in [0.4, 0.5) is 0 Å². The second kappa shape index (κ2) is 4.94. The molecule has 0 saturated heterocycles. The number of aryl methyl sites for hydroxylation is 1. The molecule has 3 aromatic heterocycles. The molecule has 0 fully saturated rings. The molecule has 0 N–H and O–H groups in total. The van der Waals surface area contributed by atoms with Gasteiger partial charge in [0.1, 0.15) is 11.5 Å². The van der Waals surface area contributed by atoms with Gasteiger partial charge in [0.05, 0.1) is 5.39 Å². The smallest absolute Gasteiger partial charge is 0.193 e. The molecule has 0 aliphatic carbocycles. The molecule has 3 rings (SSSR count). The van der Waals surface area contributed by atoms with Crippen LogP contribution >= 0.6 is 0 Å². The molecule has 0 amide bonds. The minimum absolute atomic E-state index is 0.179. The van der Waals surface area contributed by atoms with Crippen LogP contribution in [0, 0.1) is 6.92 Å². The van der Waals surface area contributed by atoms with Gasteiger partial charge in [0.25, 0.3) is 0 Å². The van der Waals surface area contributed by atoms with E-state index in [4.69, 9.17) is 4.42 Å². The number of rotatable bonds is 2. The van der Waals surface area contributed by atoms with Gasteiger partial charge in [-0.3, -0.25) is 14.6 Å². The van der Waals surface area contributed by atoms with E-state index in [1.54, 1.807) is 37.5 Å². The van der Waals surface area contributed by atoms with Crippen LogP contribution in [0.15, 0.2) is 45.9 Å². The number of ketones is 1. The Balaban J connectivity index is 2.38. The number of aromatic nitrogens is 2. The van der Waals surface area contributed by atoms with Gasteiger partial charge in [0.15, 0.2) is 16.8 Å². The van der Waals surface area contributed by atoms with Gasteiger partial charge in [-0.25, -0.2) is 4.98 Å². The molecule has 0 unspecified atom stereocenters. The van der Waals surface area contributed by atoms with Gasteiger partial charge >= 0.3 is 0 Å². The van der Waals surface area contributed by atoms with E-state index in [1.165, 1.54) is 13.0 Å². The summed E-state index contributed by atoms with van der Waals surface area (Å²) in [5, 5.41) is 0.366. The Morgan fingerprint density at radius 2 is 1.90 bits per heavy atom. The van der Waals surface area contributed by atoms with Crippen LogP contribution < -0.4 is 5.43 Å². The summed E-state index contributed by atoms with van der Waals surface area (Å²) in [7, 11) is 0. The molecule has 5 nitrogen and oxygen atoms in total. The first-order chi connectivity index (χ1) is 10.1. The Morgan fingerprint density at radius 3 is 2.57 bits per heavy atom. The first-order valence-electron chi connectivity index (χ1n) is 6.43. The summed E-state index contributed by atoms with van der Waals surface area (Å²) >= 11 is 0. The van der Waals surface area contributed by atoms with E-state index in [0.29, 0.717) is 16.8 Å². The standard InChI is InChI=1S/C16H12N2O3/c1-9-7-12-13(20)8-14(11-3-5-17-6-4-11)21-16(12)15(18-9)10(2)19/h3-8H,1-2H3. The topological polar surface area (TPSA) is 73.1 Å². The monoisotopic (exact) mass is 280 g/mol. The maximum Gasteiger partial charge on any atom is 0.193 e. The third-order valence-electron chi connectivity index (χ3n) is 3.14. The van der Waals surface area contributed by atoms with Crippen LogP contribution in [-0.4, -0.2) is 15.8 Å². The molecule has 0 aliphatic rings. The van der Waals surface area contributed by atoms with Crippen LogP contribution in [0.1, 0.15) is 23.1 Å². The van der Waals surface area contributed by atoms with Gasteiger partial charge in [0.2, 0.25) is 0 Å². The fraction of sp³-hybridized carbons (Fsp3) is 0.125. The molecule has 0 saturated carbocycles. The normalized spacial score (nSPS) is 10.8. The van der Waals surface area contributed by atoms with Crippen molar-refractivity contribution in [2.24, 2.45) is 0 Å². The van der Waals surface area contributed by atoms with Crippen LogP contribution in [0.25, 0.3) is 22.3 Å². The van der Waals surface area contributed by atoms with Gasteiger partial charge in [-0.1, -0.05) is 0 Å². The Labute approximate surface area is 120 Å². The number of pyridine rings is 2. The van der Waals surface area contributed by atoms with E-state index in [-0.39, 0.29) is 22.5 Å². The van der Waals surface area contributed by atoms with E-state index >= 15 is 0 Å². The average molecular weight is 280 g/mol. The van der Waals surface area contributed by atoms with Crippen molar-refractivity contribution >= 4 is 16.8 Å². The maximum atomic E-state index is 12.3. The van der Waals surface area contributed by atoms with E-state index < -0.39 is 0 Å². The third-order valence-corrected chi connectivity index (χ3v) is 3.14. The van der Waals surface area contributed by atoms with Crippen LogP contribution in [-0.2, 0) is 0 Å². The lowest BCUT2D eigenvalue weighted by atomic mass is 10.1. The molecular formula is C16H12N2O3. The largest absolute Gasteiger partial charge is 0.453 e. The zero-order chi connectivity index (χ0) is 15.0. The van der Waals surface area contributed by atoms with E-state index in [2.05, 4.69) is 9.97 Å². The van der Waals surface area contributed by atoms with E-state index in [9.17, 15) is 9.59 Å². The zero-order valence-electron chi connectivity index (χ0n) is 11.6. The van der Waals surface area contributed by atoms with Gasteiger partial charge in [0, 0.05) is 36.6 Å². The van der Waals surface area contributed by atoms with Crippen LogP contribution in [0.5, 0.6) is 0 Å². The third kappa shape index (κ3) is 2.33. The second-order valence-electron chi connectivity index (χ2n) is 4.76. The molecule has 0 spiro atoms. The van der Waals surface area contributed by atoms with Crippen LogP contribution in [0.3, 0.4) is 0 Å². The van der Waals surface area contributed by atoms with Gasteiger partial charge < -0.3 is 4.42 Å². The first-order valence-corrected chi connectivity index (χ1v) is 6.43. The summed E-state index contributed by atoms with van der Waals surface area (Å²) in [5.41, 5.74) is 1.54. The molecule has 3 aromatic rings. The molecule has 5 heteroatoms. The Morgan fingerprint density at radius 1 is 1.19 bits per heavy atom. The van der Waals surface area contributed by atoms with Crippen molar-refractivity contribution in [2.45, 2.75) is 13.8 Å².